The average molecular weight is 366 g/mol. The Labute approximate surface area is 125 Å². The lowest BCUT2D eigenvalue weighted by molar-refractivity contribution is 0.594. The van der Waals surface area contributed by atoms with Crippen LogP contribution in [0.15, 0.2) is 22.7 Å². The molecule has 0 saturated heterocycles. The summed E-state index contributed by atoms with van der Waals surface area (Å²) in [5.41, 5.74) is 1.79. The van der Waals surface area contributed by atoms with Gasteiger partial charge in [-0.05, 0) is 18.2 Å². The van der Waals surface area contributed by atoms with Crippen molar-refractivity contribution in [3.05, 3.63) is 28.5 Å². The number of rotatable bonds is 5. The summed E-state index contributed by atoms with van der Waals surface area (Å²) in [5.74, 6) is 1.39. The maximum atomic E-state index is 11.3. The van der Waals surface area contributed by atoms with E-state index in [9.17, 15) is 8.42 Å². The van der Waals surface area contributed by atoms with Crippen molar-refractivity contribution in [3.8, 4) is 0 Å². The summed E-state index contributed by atoms with van der Waals surface area (Å²) in [6.07, 6.45) is 1.86. The monoisotopic (exact) mass is 364 g/mol. The molecule has 0 fully saturated rings. The van der Waals surface area contributed by atoms with Gasteiger partial charge in [0.15, 0.2) is 0 Å². The van der Waals surface area contributed by atoms with Crippen molar-refractivity contribution >= 4 is 48.4 Å². The Hall–Kier alpha value is -0.590. The van der Waals surface area contributed by atoms with Crippen LogP contribution in [0, 0.1) is 0 Å². The fourth-order valence-corrected chi connectivity index (χ4v) is 2.97. The van der Waals surface area contributed by atoms with Gasteiger partial charge in [-0.1, -0.05) is 15.9 Å². The van der Waals surface area contributed by atoms with Gasteiger partial charge in [-0.3, -0.25) is 0 Å². The van der Waals surface area contributed by atoms with Crippen LogP contribution in [-0.4, -0.2) is 35.9 Å². The molecule has 0 atom stereocenters. The molecule has 0 spiro atoms. The molecule has 0 unspecified atom stereocenters. The molecule has 1 aromatic carbocycles. The van der Waals surface area contributed by atoms with Gasteiger partial charge in [0.2, 0.25) is 0 Å². The van der Waals surface area contributed by atoms with E-state index in [2.05, 4.69) is 20.9 Å². The summed E-state index contributed by atoms with van der Waals surface area (Å²) in [6, 6.07) is 5.78. The van der Waals surface area contributed by atoms with Crippen LogP contribution in [0.1, 0.15) is 5.82 Å². The van der Waals surface area contributed by atoms with Crippen molar-refractivity contribution in [1.82, 2.24) is 9.55 Å². The molecule has 0 radical (unpaired) electrons. The van der Waals surface area contributed by atoms with E-state index in [0.717, 1.165) is 21.3 Å². The number of hydrogen-bond acceptors (Lipinski definition) is 3. The molecule has 1 heterocycles. The molecule has 2 aromatic rings. The SMILES string of the molecule is CS(=O)(=O)CCn1c(CCCl)nc2cc(Br)ccc21. The zero-order chi connectivity index (χ0) is 14.0. The maximum absolute atomic E-state index is 11.3. The van der Waals surface area contributed by atoms with Crippen molar-refractivity contribution < 1.29 is 8.42 Å². The highest BCUT2D eigenvalue weighted by atomic mass is 79.9. The van der Waals surface area contributed by atoms with Gasteiger partial charge in [0.25, 0.3) is 0 Å². The lowest BCUT2D eigenvalue weighted by Gasteiger charge is -2.07. The highest BCUT2D eigenvalue weighted by Gasteiger charge is 2.12. The quantitative estimate of drug-likeness (QED) is 0.765. The number of nitrogens with zero attached hydrogens (tertiary/aromatic N) is 2. The van der Waals surface area contributed by atoms with Gasteiger partial charge in [0.1, 0.15) is 15.7 Å². The largest absolute Gasteiger partial charge is 0.327 e. The molecular weight excluding hydrogens is 352 g/mol. The van der Waals surface area contributed by atoms with Gasteiger partial charge in [-0.2, -0.15) is 0 Å². The summed E-state index contributed by atoms with van der Waals surface area (Å²) in [4.78, 5) is 4.52. The molecule has 104 valence electrons. The topological polar surface area (TPSA) is 52.0 Å². The third-order valence-corrected chi connectivity index (χ3v) is 4.40. The highest BCUT2D eigenvalue weighted by Crippen LogP contribution is 2.21. The number of halogens is 2. The van der Waals surface area contributed by atoms with Crippen LogP contribution in [0.25, 0.3) is 11.0 Å². The fourth-order valence-electron chi connectivity index (χ4n) is 1.93. The Morgan fingerprint density at radius 1 is 1.42 bits per heavy atom. The van der Waals surface area contributed by atoms with Gasteiger partial charge in [-0.25, -0.2) is 13.4 Å². The van der Waals surface area contributed by atoms with Crippen molar-refractivity contribution in [2.24, 2.45) is 0 Å². The molecule has 0 aliphatic rings. The predicted octanol–water partition coefficient (Wildman–Crippen LogP) is 2.62. The Balaban J connectivity index is 2.45. The molecule has 19 heavy (non-hydrogen) atoms. The number of hydrogen-bond donors (Lipinski definition) is 0. The zero-order valence-corrected chi connectivity index (χ0v) is 13.6. The van der Waals surface area contributed by atoms with Gasteiger partial charge in [0.05, 0.1) is 16.8 Å². The van der Waals surface area contributed by atoms with E-state index in [1.807, 2.05) is 22.8 Å². The Morgan fingerprint density at radius 2 is 2.16 bits per heavy atom. The van der Waals surface area contributed by atoms with E-state index in [4.69, 9.17) is 11.6 Å². The number of aromatic nitrogens is 2. The van der Waals surface area contributed by atoms with E-state index in [1.54, 1.807) is 0 Å². The molecule has 1 aromatic heterocycles. The molecule has 0 bridgehead atoms. The van der Waals surface area contributed by atoms with Crippen molar-refractivity contribution in [2.75, 3.05) is 17.9 Å². The Kier molecular flexibility index (Phi) is 4.53. The van der Waals surface area contributed by atoms with Crippen LogP contribution in [0.3, 0.4) is 0 Å². The van der Waals surface area contributed by atoms with Crippen molar-refractivity contribution in [2.45, 2.75) is 13.0 Å². The second-order valence-electron chi connectivity index (χ2n) is 4.38. The number of sulfone groups is 1. The molecule has 0 aliphatic carbocycles. The van der Waals surface area contributed by atoms with E-state index < -0.39 is 9.84 Å². The third-order valence-electron chi connectivity index (χ3n) is 2.79. The minimum absolute atomic E-state index is 0.101. The predicted molar refractivity (Wildman–Crippen MR) is 81.6 cm³/mol. The zero-order valence-electron chi connectivity index (χ0n) is 10.4. The minimum Gasteiger partial charge on any atom is -0.327 e. The number of aryl methyl sites for hydroxylation is 2. The van der Waals surface area contributed by atoms with Gasteiger partial charge >= 0.3 is 0 Å². The molecule has 0 amide bonds. The van der Waals surface area contributed by atoms with Gasteiger partial charge in [0, 0.05) is 29.6 Å². The number of fused-ring (bicyclic) bond motifs is 1. The second kappa shape index (κ2) is 5.81. The lowest BCUT2D eigenvalue weighted by atomic mass is 10.3. The van der Waals surface area contributed by atoms with E-state index >= 15 is 0 Å². The fraction of sp³-hybridized carbons (Fsp3) is 0.417. The summed E-state index contributed by atoms with van der Waals surface area (Å²) >= 11 is 9.18. The summed E-state index contributed by atoms with van der Waals surface area (Å²) in [6.45, 7) is 0.406. The van der Waals surface area contributed by atoms with Crippen LogP contribution in [0.4, 0.5) is 0 Å². The first-order chi connectivity index (χ1) is 8.90. The summed E-state index contributed by atoms with van der Waals surface area (Å²) in [5, 5.41) is 0. The second-order valence-corrected chi connectivity index (χ2v) is 7.93. The van der Waals surface area contributed by atoms with Gasteiger partial charge < -0.3 is 4.57 Å². The van der Waals surface area contributed by atoms with Gasteiger partial charge in [-0.15, -0.1) is 11.6 Å². The van der Waals surface area contributed by atoms with Crippen molar-refractivity contribution in [1.29, 1.82) is 0 Å². The Morgan fingerprint density at radius 3 is 2.79 bits per heavy atom. The number of alkyl halides is 1. The smallest absolute Gasteiger partial charge is 0.149 e. The standard InChI is InChI=1S/C12H14BrClN2O2S/c1-19(17,18)7-6-16-11-3-2-9(13)8-10(11)15-12(16)4-5-14/h2-3,8H,4-7H2,1H3. The van der Waals surface area contributed by atoms with E-state index in [1.165, 1.54) is 6.26 Å². The third kappa shape index (κ3) is 3.70. The molecule has 4 nitrogen and oxygen atoms in total. The molecule has 2 rings (SSSR count). The molecule has 0 aliphatic heterocycles. The Bertz CT molecular complexity index is 697. The normalized spacial score (nSPS) is 12.2. The maximum Gasteiger partial charge on any atom is 0.149 e. The molecule has 7 heteroatoms. The van der Waals surface area contributed by atoms with Crippen molar-refractivity contribution in [3.63, 3.8) is 0 Å². The molecular formula is C12H14BrClN2O2S. The lowest BCUT2D eigenvalue weighted by Crippen LogP contribution is -2.13. The van der Waals surface area contributed by atoms with E-state index in [0.29, 0.717) is 18.8 Å². The van der Waals surface area contributed by atoms with Crippen LogP contribution in [0.2, 0.25) is 0 Å². The molecule has 0 N–H and O–H groups in total. The first kappa shape index (κ1) is 14.8. The molecule has 0 saturated carbocycles. The minimum atomic E-state index is -3.00. The number of benzene rings is 1. The van der Waals surface area contributed by atoms with Crippen LogP contribution < -0.4 is 0 Å². The first-order valence-electron chi connectivity index (χ1n) is 5.79. The van der Waals surface area contributed by atoms with Crippen LogP contribution in [-0.2, 0) is 22.8 Å². The highest BCUT2D eigenvalue weighted by molar-refractivity contribution is 9.10. The number of imidazole rings is 1. The average Bonchev–Trinajstić information content (AvgIpc) is 2.62. The van der Waals surface area contributed by atoms with E-state index in [-0.39, 0.29) is 5.75 Å². The van der Waals surface area contributed by atoms with Crippen LogP contribution in [0.5, 0.6) is 0 Å². The van der Waals surface area contributed by atoms with Crippen LogP contribution >= 0.6 is 27.5 Å². The summed E-state index contributed by atoms with van der Waals surface area (Å²) < 4.78 is 25.5. The first-order valence-corrected chi connectivity index (χ1v) is 9.18. The summed E-state index contributed by atoms with van der Waals surface area (Å²) in [7, 11) is -3.00.